The van der Waals surface area contributed by atoms with E-state index in [2.05, 4.69) is 15.6 Å². The highest BCUT2D eigenvalue weighted by atomic mass is 19.4. The lowest BCUT2D eigenvalue weighted by molar-refractivity contribution is -0.219. The zero-order valence-corrected chi connectivity index (χ0v) is 25.5. The fourth-order valence-electron chi connectivity index (χ4n) is 7.04. The van der Waals surface area contributed by atoms with Crippen LogP contribution in [0.2, 0.25) is 0 Å². The quantitative estimate of drug-likeness (QED) is 0.252. The van der Waals surface area contributed by atoms with E-state index in [-0.39, 0.29) is 31.1 Å². The fraction of sp³-hybridized carbons (Fsp3) is 0.471. The van der Waals surface area contributed by atoms with Crippen molar-refractivity contribution in [3.63, 3.8) is 0 Å². The molecule has 9 nitrogen and oxygen atoms in total. The Kier molecular flexibility index (Phi) is 10.6. The standard InChI is InChI=1S/C34H40F3N5O4/c35-34(36,37)31-24-12-6-4-10-22(24)16-17-42(31)20-29(43)27(18-21-8-2-1-3-9-21)40-33(46)28(19-30(38)44)41-32(45)26-15-14-23-11-5-7-13-25(23)39-26/h1-3,5,7-9,11,13-15,22,24,27-29,31,43H,4,6,10,12,16-20H2,(H2,38,44)(H,40,46)(H,41,45)/t22-,24-,27+,28+,29-,31+/m1/s1. The SMILES string of the molecule is NC(=O)C[C@H](NC(=O)c1ccc2ccccc2n1)C(=O)N[C@@H](Cc1ccccc1)[C@H](O)CN1CC[C@H]2CCCC[C@H]2[C@H]1C(F)(F)F. The van der Waals surface area contributed by atoms with Gasteiger partial charge in [0, 0.05) is 11.9 Å². The van der Waals surface area contributed by atoms with E-state index < -0.39 is 60.5 Å². The van der Waals surface area contributed by atoms with Crippen LogP contribution in [0.15, 0.2) is 66.7 Å². The normalized spacial score (nSPS) is 22.3. The molecule has 0 radical (unpaired) electrons. The van der Waals surface area contributed by atoms with Crippen molar-refractivity contribution in [1.29, 1.82) is 0 Å². The summed E-state index contributed by atoms with van der Waals surface area (Å²) in [4.78, 5) is 44.3. The molecule has 2 aliphatic rings. The molecule has 5 N–H and O–H groups in total. The smallest absolute Gasteiger partial charge is 0.390 e. The van der Waals surface area contributed by atoms with Crippen LogP contribution in [-0.4, -0.2) is 76.2 Å². The van der Waals surface area contributed by atoms with E-state index >= 15 is 0 Å². The number of aromatic nitrogens is 1. The summed E-state index contributed by atoms with van der Waals surface area (Å²) < 4.78 is 43.4. The Hall–Kier alpha value is -4.03. The minimum Gasteiger partial charge on any atom is -0.390 e. The predicted molar refractivity (Wildman–Crippen MR) is 166 cm³/mol. The number of nitrogens with one attached hydrogen (secondary N) is 2. The summed E-state index contributed by atoms with van der Waals surface area (Å²) >= 11 is 0. The van der Waals surface area contributed by atoms with Gasteiger partial charge in [0.2, 0.25) is 11.8 Å². The molecule has 5 rings (SSSR count). The highest BCUT2D eigenvalue weighted by Gasteiger charge is 2.53. The first-order valence-corrected chi connectivity index (χ1v) is 15.8. The lowest BCUT2D eigenvalue weighted by Gasteiger charge is -2.49. The second kappa shape index (κ2) is 14.6. The van der Waals surface area contributed by atoms with E-state index in [1.807, 2.05) is 12.1 Å². The summed E-state index contributed by atoms with van der Waals surface area (Å²) in [7, 11) is 0. The molecule has 1 aliphatic carbocycles. The Labute approximate surface area is 265 Å². The molecular weight excluding hydrogens is 599 g/mol. The van der Waals surface area contributed by atoms with E-state index in [9.17, 15) is 32.7 Å². The van der Waals surface area contributed by atoms with Crippen molar-refractivity contribution < 1.29 is 32.7 Å². The number of amides is 3. The maximum absolute atomic E-state index is 14.5. The van der Waals surface area contributed by atoms with Gasteiger partial charge in [-0.05, 0) is 55.3 Å². The van der Waals surface area contributed by atoms with Gasteiger partial charge in [0.15, 0.2) is 0 Å². The number of pyridine rings is 1. The monoisotopic (exact) mass is 639 g/mol. The van der Waals surface area contributed by atoms with E-state index in [1.54, 1.807) is 48.5 Å². The first-order chi connectivity index (χ1) is 22.0. The Bertz CT molecular complexity index is 1520. The molecule has 3 aromatic rings. The molecule has 1 saturated heterocycles. The number of aliphatic hydroxyl groups is 1. The van der Waals surface area contributed by atoms with Gasteiger partial charge in [-0.1, -0.05) is 73.9 Å². The summed E-state index contributed by atoms with van der Waals surface area (Å²) in [5.41, 5.74) is 6.74. The average Bonchev–Trinajstić information content (AvgIpc) is 3.03. The summed E-state index contributed by atoms with van der Waals surface area (Å²) in [5.74, 6) is -2.89. The molecule has 2 heterocycles. The van der Waals surface area contributed by atoms with Crippen LogP contribution >= 0.6 is 0 Å². The second-order valence-electron chi connectivity index (χ2n) is 12.4. The number of likely N-dealkylation sites (tertiary alicyclic amines) is 1. The Morgan fingerprint density at radius 3 is 2.41 bits per heavy atom. The Morgan fingerprint density at radius 1 is 0.957 bits per heavy atom. The lowest BCUT2D eigenvalue weighted by atomic mass is 9.70. The summed E-state index contributed by atoms with van der Waals surface area (Å²) in [5, 5.41) is 17.5. The van der Waals surface area contributed by atoms with Crippen LogP contribution in [-0.2, 0) is 16.0 Å². The number of primary amides is 1. The molecule has 12 heteroatoms. The highest BCUT2D eigenvalue weighted by Crippen LogP contribution is 2.45. The van der Waals surface area contributed by atoms with Gasteiger partial charge in [0.1, 0.15) is 17.8 Å². The summed E-state index contributed by atoms with van der Waals surface area (Å²) in [6, 6.07) is 15.2. The minimum absolute atomic E-state index is 0.00356. The first kappa shape index (κ1) is 33.3. The number of carbonyl (C=O) groups is 3. The molecule has 1 aliphatic heterocycles. The number of hydrogen-bond donors (Lipinski definition) is 4. The molecule has 6 atom stereocenters. The molecule has 3 amide bonds. The number of β-amino-alcohol motifs (C(OH)–C–C–N with tert-alkyl or cyclic N) is 1. The van der Waals surface area contributed by atoms with Gasteiger partial charge in [-0.15, -0.1) is 0 Å². The Balaban J connectivity index is 1.34. The third-order valence-electron chi connectivity index (χ3n) is 9.26. The second-order valence-corrected chi connectivity index (χ2v) is 12.4. The number of nitrogens with two attached hydrogens (primary N) is 1. The fourth-order valence-corrected chi connectivity index (χ4v) is 7.04. The van der Waals surface area contributed by atoms with E-state index in [4.69, 9.17) is 5.73 Å². The molecule has 0 bridgehead atoms. The number of hydrogen-bond acceptors (Lipinski definition) is 6. The van der Waals surface area contributed by atoms with Crippen molar-refractivity contribution >= 4 is 28.6 Å². The van der Waals surface area contributed by atoms with Gasteiger partial charge in [-0.2, -0.15) is 13.2 Å². The van der Waals surface area contributed by atoms with Gasteiger partial charge < -0.3 is 21.5 Å². The number of rotatable bonds is 11. The van der Waals surface area contributed by atoms with E-state index in [0.29, 0.717) is 18.4 Å². The third kappa shape index (κ3) is 8.21. The zero-order chi connectivity index (χ0) is 32.8. The highest BCUT2D eigenvalue weighted by molar-refractivity contribution is 5.99. The van der Waals surface area contributed by atoms with Crippen LogP contribution in [0.25, 0.3) is 10.9 Å². The zero-order valence-electron chi connectivity index (χ0n) is 25.5. The lowest BCUT2D eigenvalue weighted by Crippen LogP contribution is -2.61. The van der Waals surface area contributed by atoms with Crippen molar-refractivity contribution in [2.45, 2.75) is 75.4 Å². The maximum atomic E-state index is 14.5. The molecule has 46 heavy (non-hydrogen) atoms. The molecule has 2 fully saturated rings. The van der Waals surface area contributed by atoms with Gasteiger partial charge in [-0.25, -0.2) is 4.98 Å². The molecular formula is C34H40F3N5O4. The average molecular weight is 640 g/mol. The number of halogens is 3. The molecule has 1 aromatic heterocycles. The van der Waals surface area contributed by atoms with Crippen LogP contribution in [0, 0.1) is 11.8 Å². The number of nitrogens with zero attached hydrogens (tertiary/aromatic N) is 2. The van der Waals surface area contributed by atoms with Crippen molar-refractivity contribution in [3.05, 3.63) is 78.0 Å². The van der Waals surface area contributed by atoms with Crippen molar-refractivity contribution in [3.8, 4) is 0 Å². The van der Waals surface area contributed by atoms with Crippen LogP contribution in [0.5, 0.6) is 0 Å². The number of carbonyl (C=O) groups excluding carboxylic acids is 3. The number of alkyl halides is 3. The molecule has 0 spiro atoms. The van der Waals surface area contributed by atoms with Crippen LogP contribution in [0.3, 0.4) is 0 Å². The van der Waals surface area contributed by atoms with Crippen LogP contribution in [0.1, 0.15) is 54.6 Å². The van der Waals surface area contributed by atoms with Gasteiger partial charge in [-0.3, -0.25) is 19.3 Å². The minimum atomic E-state index is -4.47. The van der Waals surface area contributed by atoms with Crippen molar-refractivity contribution in [2.75, 3.05) is 13.1 Å². The molecule has 0 unspecified atom stereocenters. The van der Waals surface area contributed by atoms with Gasteiger partial charge >= 0.3 is 6.18 Å². The summed E-state index contributed by atoms with van der Waals surface area (Å²) in [6.07, 6.45) is -2.72. The first-order valence-electron chi connectivity index (χ1n) is 15.8. The number of para-hydroxylation sites is 1. The summed E-state index contributed by atoms with van der Waals surface area (Å²) in [6.45, 7) is -0.118. The molecule has 2 aromatic carbocycles. The van der Waals surface area contributed by atoms with E-state index in [1.165, 1.54) is 11.0 Å². The number of piperidine rings is 1. The number of benzene rings is 2. The largest absolute Gasteiger partial charge is 0.404 e. The molecule has 246 valence electrons. The van der Waals surface area contributed by atoms with Crippen LogP contribution in [0.4, 0.5) is 13.2 Å². The van der Waals surface area contributed by atoms with Crippen molar-refractivity contribution in [2.24, 2.45) is 17.6 Å². The topological polar surface area (TPSA) is 138 Å². The van der Waals surface area contributed by atoms with Crippen molar-refractivity contribution in [1.82, 2.24) is 20.5 Å². The Morgan fingerprint density at radius 2 is 1.67 bits per heavy atom. The van der Waals surface area contributed by atoms with Gasteiger partial charge in [0.25, 0.3) is 5.91 Å². The molecule has 1 saturated carbocycles. The van der Waals surface area contributed by atoms with Gasteiger partial charge in [0.05, 0.1) is 24.1 Å². The third-order valence-corrected chi connectivity index (χ3v) is 9.26. The number of fused-ring (bicyclic) bond motifs is 2. The maximum Gasteiger partial charge on any atom is 0.404 e. The van der Waals surface area contributed by atoms with Crippen LogP contribution < -0.4 is 16.4 Å². The predicted octanol–water partition coefficient (Wildman–Crippen LogP) is 3.74. The number of aliphatic hydroxyl groups excluding tert-OH is 1. The van der Waals surface area contributed by atoms with E-state index in [0.717, 1.165) is 30.2 Å².